The summed E-state index contributed by atoms with van der Waals surface area (Å²) in [7, 11) is 0. The fourth-order valence-corrected chi connectivity index (χ4v) is 4.93. The number of H-pyrrole nitrogens is 1. The van der Waals surface area contributed by atoms with Crippen molar-refractivity contribution in [2.75, 3.05) is 26.2 Å². The van der Waals surface area contributed by atoms with Crippen molar-refractivity contribution >= 4 is 33.6 Å². The summed E-state index contributed by atoms with van der Waals surface area (Å²) in [5, 5.41) is 18.7. The van der Waals surface area contributed by atoms with Crippen LogP contribution in [0.3, 0.4) is 0 Å². The molecule has 1 saturated heterocycles. The number of hydrogen-bond donors (Lipinski definition) is 3. The zero-order chi connectivity index (χ0) is 26.0. The minimum absolute atomic E-state index is 0.713. The molecule has 3 aromatic carbocycles. The number of aliphatic carboxylic acids is 2. The van der Waals surface area contributed by atoms with Gasteiger partial charge in [-0.1, -0.05) is 48.5 Å². The summed E-state index contributed by atoms with van der Waals surface area (Å²) in [6, 6.07) is 24.0. The molecule has 0 bridgehead atoms. The monoisotopic (exact) mass is 502 g/mol. The molecule has 2 heterocycles. The van der Waals surface area contributed by atoms with Crippen molar-refractivity contribution in [2.24, 2.45) is 0 Å². The van der Waals surface area contributed by atoms with Crippen LogP contribution in [0.25, 0.3) is 21.7 Å². The van der Waals surface area contributed by atoms with E-state index in [0.29, 0.717) is 5.92 Å². The Labute approximate surface area is 216 Å². The van der Waals surface area contributed by atoms with Crippen LogP contribution in [-0.2, 0) is 9.59 Å². The topological polar surface area (TPSA) is 103 Å². The molecule has 1 aliphatic rings. The first-order valence-corrected chi connectivity index (χ1v) is 12.9. The lowest BCUT2D eigenvalue weighted by atomic mass is 9.88. The van der Waals surface area contributed by atoms with Gasteiger partial charge in [0, 0.05) is 17.1 Å². The largest absolute Gasteiger partial charge is 0.493 e. The van der Waals surface area contributed by atoms with E-state index in [1.807, 2.05) is 6.20 Å². The maximum Gasteiger partial charge on any atom is 0.414 e. The lowest BCUT2D eigenvalue weighted by Crippen LogP contribution is -2.33. The summed E-state index contributed by atoms with van der Waals surface area (Å²) < 4.78 is 6.03. The zero-order valence-electron chi connectivity index (χ0n) is 20.9. The first-order chi connectivity index (χ1) is 18.0. The number of nitrogens with zero attached hydrogens (tertiary/aromatic N) is 1. The molecule has 194 valence electrons. The highest BCUT2D eigenvalue weighted by atomic mass is 16.5. The van der Waals surface area contributed by atoms with Gasteiger partial charge in [0.2, 0.25) is 0 Å². The van der Waals surface area contributed by atoms with Gasteiger partial charge in [-0.25, -0.2) is 9.59 Å². The van der Waals surface area contributed by atoms with Crippen molar-refractivity contribution in [3.8, 4) is 5.75 Å². The lowest BCUT2D eigenvalue weighted by molar-refractivity contribution is -0.159. The van der Waals surface area contributed by atoms with E-state index in [4.69, 9.17) is 24.5 Å². The minimum atomic E-state index is -1.82. The highest BCUT2D eigenvalue weighted by Crippen LogP contribution is 2.30. The second kappa shape index (κ2) is 12.9. The number of carbonyl (C=O) groups is 2. The molecular weight excluding hydrogens is 468 g/mol. The molecule has 7 heteroatoms. The number of aromatic amines is 1. The van der Waals surface area contributed by atoms with Gasteiger partial charge in [-0.3, -0.25) is 0 Å². The predicted molar refractivity (Wildman–Crippen MR) is 145 cm³/mol. The molecule has 7 nitrogen and oxygen atoms in total. The van der Waals surface area contributed by atoms with Crippen molar-refractivity contribution in [1.82, 2.24) is 9.88 Å². The normalized spacial score (nSPS) is 14.3. The highest BCUT2D eigenvalue weighted by Gasteiger charge is 2.20. The Balaban J connectivity index is 0.000000480. The van der Waals surface area contributed by atoms with Crippen LogP contribution in [0.5, 0.6) is 5.75 Å². The molecule has 0 saturated carbocycles. The van der Waals surface area contributed by atoms with Crippen molar-refractivity contribution < 1.29 is 24.5 Å². The number of likely N-dealkylation sites (tertiary alicyclic amines) is 1. The van der Waals surface area contributed by atoms with Crippen LogP contribution >= 0.6 is 0 Å². The second-order valence-corrected chi connectivity index (χ2v) is 9.44. The van der Waals surface area contributed by atoms with Crippen LogP contribution in [0, 0.1) is 0 Å². The molecule has 0 spiro atoms. The van der Waals surface area contributed by atoms with Gasteiger partial charge in [-0.15, -0.1) is 0 Å². The van der Waals surface area contributed by atoms with E-state index >= 15 is 0 Å². The molecule has 0 atom stereocenters. The number of unbranched alkanes of at least 4 members (excludes halogenated alkanes) is 2. The Morgan fingerprint density at radius 1 is 0.865 bits per heavy atom. The quantitative estimate of drug-likeness (QED) is 0.205. The summed E-state index contributed by atoms with van der Waals surface area (Å²) in [5.41, 5.74) is 2.66. The predicted octanol–water partition coefficient (Wildman–Crippen LogP) is 5.91. The Bertz CT molecular complexity index is 1310. The number of fused-ring (bicyclic) bond motifs is 2. The van der Waals surface area contributed by atoms with Gasteiger partial charge in [0.15, 0.2) is 0 Å². The maximum absolute atomic E-state index is 9.10. The molecule has 1 aromatic heterocycles. The SMILES string of the molecule is O=C(O)C(=O)O.c1ccc2cc(C3CCN(CCCCCOc4cccc5[nH]ccc45)CC3)ccc2c1. The molecule has 37 heavy (non-hydrogen) atoms. The first kappa shape index (κ1) is 26.2. The number of rotatable bonds is 8. The fraction of sp³-hybridized carbons (Fsp3) is 0.333. The highest BCUT2D eigenvalue weighted by molar-refractivity contribution is 6.27. The summed E-state index contributed by atoms with van der Waals surface area (Å²) in [5.74, 6) is -1.94. The Morgan fingerprint density at radius 3 is 2.38 bits per heavy atom. The van der Waals surface area contributed by atoms with Crippen LogP contribution in [-0.4, -0.2) is 58.3 Å². The minimum Gasteiger partial charge on any atom is -0.493 e. The number of nitrogens with one attached hydrogen (secondary N) is 1. The van der Waals surface area contributed by atoms with Gasteiger partial charge in [0.1, 0.15) is 5.75 Å². The zero-order valence-corrected chi connectivity index (χ0v) is 20.9. The number of piperidine rings is 1. The van der Waals surface area contributed by atoms with Crippen molar-refractivity contribution in [2.45, 2.75) is 38.0 Å². The van der Waals surface area contributed by atoms with E-state index < -0.39 is 11.9 Å². The molecule has 0 aliphatic carbocycles. The third-order valence-corrected chi connectivity index (χ3v) is 6.95. The van der Waals surface area contributed by atoms with E-state index in [1.165, 1.54) is 67.0 Å². The average Bonchev–Trinajstić information content (AvgIpc) is 3.41. The molecule has 5 rings (SSSR count). The van der Waals surface area contributed by atoms with Crippen molar-refractivity contribution in [3.05, 3.63) is 78.5 Å². The fourth-order valence-electron chi connectivity index (χ4n) is 4.93. The molecule has 3 N–H and O–H groups in total. The van der Waals surface area contributed by atoms with E-state index in [1.54, 1.807) is 0 Å². The molecule has 0 unspecified atom stereocenters. The third-order valence-electron chi connectivity index (χ3n) is 6.95. The standard InChI is InChI=1S/C28H32N2O.C2H2O4/c1(5-20-31-28-10-6-9-27-26(28)13-16-29-27)4-17-30-18-14-23(15-19-30)25-12-11-22-7-2-3-8-24(22)21-25;3-1(4)2(5)6/h2-3,6-13,16,21,23,29H,1,4-5,14-15,17-20H2;(H,3,4)(H,5,6). The second-order valence-electron chi connectivity index (χ2n) is 9.44. The number of hydrogen-bond acceptors (Lipinski definition) is 4. The molecule has 1 fully saturated rings. The molecule has 0 amide bonds. The van der Waals surface area contributed by atoms with Crippen LogP contribution in [0.2, 0.25) is 0 Å². The van der Waals surface area contributed by atoms with Crippen molar-refractivity contribution in [3.63, 3.8) is 0 Å². The lowest BCUT2D eigenvalue weighted by Gasteiger charge is -2.32. The Hall–Kier alpha value is -3.84. The molecule has 0 radical (unpaired) electrons. The summed E-state index contributed by atoms with van der Waals surface area (Å²) >= 11 is 0. The molecule has 1 aliphatic heterocycles. The van der Waals surface area contributed by atoms with Crippen LogP contribution < -0.4 is 4.74 Å². The van der Waals surface area contributed by atoms with E-state index in [2.05, 4.69) is 76.6 Å². The smallest absolute Gasteiger partial charge is 0.414 e. The van der Waals surface area contributed by atoms with E-state index in [-0.39, 0.29) is 0 Å². The van der Waals surface area contributed by atoms with Crippen LogP contribution in [0.4, 0.5) is 0 Å². The number of carboxylic acid groups (broad SMARTS) is 2. The van der Waals surface area contributed by atoms with Gasteiger partial charge in [-0.2, -0.15) is 0 Å². The number of carboxylic acids is 2. The number of benzene rings is 3. The van der Waals surface area contributed by atoms with Crippen LogP contribution in [0.15, 0.2) is 72.9 Å². The number of ether oxygens (including phenoxy) is 1. The summed E-state index contributed by atoms with van der Waals surface area (Å²) in [6.45, 7) is 4.47. The van der Waals surface area contributed by atoms with Gasteiger partial charge in [0.05, 0.1) is 6.61 Å². The van der Waals surface area contributed by atoms with Gasteiger partial charge in [0.25, 0.3) is 0 Å². The third kappa shape index (κ3) is 7.33. The van der Waals surface area contributed by atoms with Gasteiger partial charge < -0.3 is 24.8 Å². The van der Waals surface area contributed by atoms with Crippen LogP contribution in [0.1, 0.15) is 43.6 Å². The van der Waals surface area contributed by atoms with Gasteiger partial charge in [-0.05, 0) is 92.2 Å². The van der Waals surface area contributed by atoms with Gasteiger partial charge >= 0.3 is 11.9 Å². The van der Waals surface area contributed by atoms with E-state index in [9.17, 15) is 0 Å². The summed E-state index contributed by atoms with van der Waals surface area (Å²) in [6.07, 6.45) is 8.14. The Kier molecular flexibility index (Phi) is 9.16. The Morgan fingerprint density at radius 2 is 1.62 bits per heavy atom. The van der Waals surface area contributed by atoms with E-state index in [0.717, 1.165) is 24.3 Å². The molecule has 4 aromatic rings. The average molecular weight is 503 g/mol. The first-order valence-electron chi connectivity index (χ1n) is 12.9. The molecular formula is C30H34N2O5. The maximum atomic E-state index is 9.10. The van der Waals surface area contributed by atoms with Crippen molar-refractivity contribution in [1.29, 1.82) is 0 Å². The number of aromatic nitrogens is 1. The summed E-state index contributed by atoms with van der Waals surface area (Å²) in [4.78, 5) is 24.1.